The Morgan fingerprint density at radius 3 is 2.63 bits per heavy atom. The summed E-state index contributed by atoms with van der Waals surface area (Å²) in [5, 5.41) is 10.2. The topological polar surface area (TPSA) is 63.3 Å². The largest absolute Gasteiger partial charge is 0.478 e. The molecule has 0 bridgehead atoms. The van der Waals surface area contributed by atoms with E-state index >= 15 is 0 Å². The van der Waals surface area contributed by atoms with E-state index in [-0.39, 0.29) is 11.4 Å². The highest BCUT2D eigenvalue weighted by Crippen LogP contribution is 2.30. The molecule has 4 nitrogen and oxygen atoms in total. The number of benzene rings is 2. The minimum atomic E-state index is -1.02. The van der Waals surface area contributed by atoms with Crippen molar-refractivity contribution in [3.63, 3.8) is 0 Å². The van der Waals surface area contributed by atoms with Crippen LogP contribution in [-0.2, 0) is 6.42 Å². The first-order valence-corrected chi connectivity index (χ1v) is 8.58. The highest BCUT2D eigenvalue weighted by Gasteiger charge is 2.16. The molecule has 0 aliphatic heterocycles. The predicted molar refractivity (Wildman–Crippen MR) is 101 cm³/mol. The van der Waals surface area contributed by atoms with Gasteiger partial charge < -0.3 is 9.52 Å². The van der Waals surface area contributed by atoms with E-state index in [2.05, 4.69) is 4.98 Å². The minimum absolute atomic E-state index is 0.175. The van der Waals surface area contributed by atoms with Crippen molar-refractivity contribution in [1.82, 2.24) is 4.98 Å². The van der Waals surface area contributed by atoms with Gasteiger partial charge in [-0.1, -0.05) is 25.1 Å². The van der Waals surface area contributed by atoms with E-state index in [0.29, 0.717) is 33.7 Å². The average Bonchev–Trinajstić information content (AvgIpc) is 3.17. The molecule has 0 atom stereocenters. The second kappa shape index (κ2) is 6.68. The standard InChI is InChI=1S/C22H16FNO3/c1-2-13-6-7-18-16(10-13)17(22(25)26)12-19(24-18)21-9-8-20(27-21)14-4-3-5-15(23)11-14/h3-12H,2H2,1H3,(H,25,26). The number of aromatic carboxylic acids is 1. The van der Waals surface area contributed by atoms with Crippen LogP contribution in [0, 0.1) is 5.82 Å². The number of carbonyl (C=O) groups is 1. The molecule has 2 aromatic heterocycles. The molecule has 0 unspecified atom stereocenters. The molecule has 0 saturated carbocycles. The zero-order valence-electron chi connectivity index (χ0n) is 14.6. The van der Waals surface area contributed by atoms with Gasteiger partial charge >= 0.3 is 5.97 Å². The van der Waals surface area contributed by atoms with Crippen LogP contribution in [0.5, 0.6) is 0 Å². The van der Waals surface area contributed by atoms with Crippen molar-refractivity contribution in [2.24, 2.45) is 0 Å². The SMILES string of the molecule is CCc1ccc2nc(-c3ccc(-c4cccc(F)c4)o3)cc(C(=O)O)c2c1. The van der Waals surface area contributed by atoms with E-state index in [1.807, 2.05) is 25.1 Å². The number of pyridine rings is 1. The molecule has 0 saturated heterocycles. The summed E-state index contributed by atoms with van der Waals surface area (Å²) in [4.78, 5) is 16.3. The Hall–Kier alpha value is -3.47. The number of carboxylic acids is 1. The number of fused-ring (bicyclic) bond motifs is 1. The van der Waals surface area contributed by atoms with Gasteiger partial charge in [0.2, 0.25) is 0 Å². The van der Waals surface area contributed by atoms with Gasteiger partial charge in [0.1, 0.15) is 17.3 Å². The lowest BCUT2D eigenvalue weighted by atomic mass is 10.0. The van der Waals surface area contributed by atoms with Gasteiger partial charge in [0.25, 0.3) is 0 Å². The van der Waals surface area contributed by atoms with Crippen molar-refractivity contribution < 1.29 is 18.7 Å². The molecule has 1 N–H and O–H groups in total. The number of hydrogen-bond donors (Lipinski definition) is 1. The fourth-order valence-electron chi connectivity index (χ4n) is 3.07. The molecule has 0 spiro atoms. The molecule has 27 heavy (non-hydrogen) atoms. The number of rotatable bonds is 4. The van der Waals surface area contributed by atoms with Crippen molar-refractivity contribution >= 4 is 16.9 Å². The molecular weight excluding hydrogens is 345 g/mol. The zero-order chi connectivity index (χ0) is 19.0. The zero-order valence-corrected chi connectivity index (χ0v) is 14.6. The predicted octanol–water partition coefficient (Wildman–Crippen LogP) is 5.56. The molecule has 0 fully saturated rings. The summed E-state index contributed by atoms with van der Waals surface area (Å²) in [6.45, 7) is 2.01. The molecule has 5 heteroatoms. The van der Waals surface area contributed by atoms with Gasteiger partial charge in [-0.25, -0.2) is 14.2 Å². The maximum atomic E-state index is 13.4. The van der Waals surface area contributed by atoms with Crippen LogP contribution in [-0.4, -0.2) is 16.1 Å². The fourth-order valence-corrected chi connectivity index (χ4v) is 3.07. The van der Waals surface area contributed by atoms with Gasteiger partial charge in [-0.2, -0.15) is 0 Å². The van der Waals surface area contributed by atoms with E-state index in [4.69, 9.17) is 4.42 Å². The third kappa shape index (κ3) is 3.19. The molecule has 0 aliphatic rings. The van der Waals surface area contributed by atoms with Crippen LogP contribution >= 0.6 is 0 Å². The van der Waals surface area contributed by atoms with Crippen molar-refractivity contribution in [3.05, 3.63) is 77.6 Å². The van der Waals surface area contributed by atoms with E-state index in [1.165, 1.54) is 18.2 Å². The van der Waals surface area contributed by atoms with Crippen LogP contribution in [0.4, 0.5) is 4.39 Å². The Bertz CT molecular complexity index is 1160. The van der Waals surface area contributed by atoms with Crippen LogP contribution in [0.3, 0.4) is 0 Å². The summed E-state index contributed by atoms with van der Waals surface area (Å²) in [7, 11) is 0. The fraction of sp³-hybridized carbons (Fsp3) is 0.0909. The third-order valence-corrected chi connectivity index (χ3v) is 4.48. The van der Waals surface area contributed by atoms with E-state index in [0.717, 1.165) is 12.0 Å². The van der Waals surface area contributed by atoms with Crippen LogP contribution in [0.2, 0.25) is 0 Å². The maximum Gasteiger partial charge on any atom is 0.336 e. The summed E-state index contributed by atoms with van der Waals surface area (Å²) in [6, 6.07) is 16.6. The number of halogens is 1. The Morgan fingerprint density at radius 2 is 1.89 bits per heavy atom. The number of aryl methyl sites for hydroxylation is 1. The van der Waals surface area contributed by atoms with Gasteiger partial charge in [0.05, 0.1) is 11.1 Å². The molecular formula is C22H16FNO3. The van der Waals surface area contributed by atoms with E-state index in [9.17, 15) is 14.3 Å². The monoisotopic (exact) mass is 361 g/mol. The average molecular weight is 361 g/mol. The summed E-state index contributed by atoms with van der Waals surface area (Å²) < 4.78 is 19.3. The molecule has 2 heterocycles. The van der Waals surface area contributed by atoms with Gasteiger partial charge in [-0.3, -0.25) is 0 Å². The smallest absolute Gasteiger partial charge is 0.336 e. The van der Waals surface area contributed by atoms with Crippen LogP contribution in [0.15, 0.2) is 65.1 Å². The van der Waals surface area contributed by atoms with Crippen molar-refractivity contribution in [3.8, 4) is 22.8 Å². The van der Waals surface area contributed by atoms with Gasteiger partial charge in [-0.05, 0) is 54.4 Å². The highest BCUT2D eigenvalue weighted by molar-refractivity contribution is 6.03. The van der Waals surface area contributed by atoms with Gasteiger partial charge in [-0.15, -0.1) is 0 Å². The van der Waals surface area contributed by atoms with Gasteiger partial charge in [0, 0.05) is 10.9 Å². The first-order valence-electron chi connectivity index (χ1n) is 8.58. The van der Waals surface area contributed by atoms with E-state index < -0.39 is 5.97 Å². The molecule has 0 amide bonds. The van der Waals surface area contributed by atoms with Gasteiger partial charge in [0.15, 0.2) is 5.76 Å². The summed E-state index contributed by atoms with van der Waals surface area (Å²) in [5.41, 5.74) is 2.84. The third-order valence-electron chi connectivity index (χ3n) is 4.48. The first-order chi connectivity index (χ1) is 13.0. The maximum absolute atomic E-state index is 13.4. The minimum Gasteiger partial charge on any atom is -0.478 e. The van der Waals surface area contributed by atoms with E-state index in [1.54, 1.807) is 24.3 Å². The molecule has 0 aliphatic carbocycles. The quantitative estimate of drug-likeness (QED) is 0.517. The lowest BCUT2D eigenvalue weighted by Crippen LogP contribution is -2.00. The van der Waals surface area contributed by atoms with Crippen LogP contribution < -0.4 is 0 Å². The number of hydrogen-bond acceptors (Lipinski definition) is 3. The summed E-state index contributed by atoms with van der Waals surface area (Å²) >= 11 is 0. The summed E-state index contributed by atoms with van der Waals surface area (Å²) in [6.07, 6.45) is 0.811. The molecule has 4 rings (SSSR count). The van der Waals surface area contributed by atoms with Crippen molar-refractivity contribution in [2.75, 3.05) is 0 Å². The Morgan fingerprint density at radius 1 is 1.07 bits per heavy atom. The van der Waals surface area contributed by atoms with Crippen molar-refractivity contribution in [1.29, 1.82) is 0 Å². The number of carboxylic acid groups (broad SMARTS) is 1. The molecule has 4 aromatic rings. The van der Waals surface area contributed by atoms with Crippen molar-refractivity contribution in [2.45, 2.75) is 13.3 Å². The second-order valence-corrected chi connectivity index (χ2v) is 6.24. The lowest BCUT2D eigenvalue weighted by molar-refractivity contribution is 0.0699. The summed E-state index contributed by atoms with van der Waals surface area (Å²) in [5.74, 6) is -0.453. The van der Waals surface area contributed by atoms with Crippen LogP contribution in [0.1, 0.15) is 22.8 Å². The molecule has 2 aromatic carbocycles. The number of nitrogens with zero attached hydrogens (tertiary/aromatic N) is 1. The normalized spacial score (nSPS) is 11.0. The molecule has 134 valence electrons. The first kappa shape index (κ1) is 17.0. The molecule has 0 radical (unpaired) electrons. The highest BCUT2D eigenvalue weighted by atomic mass is 19.1. The Balaban J connectivity index is 1.84. The number of aromatic nitrogens is 1. The van der Waals surface area contributed by atoms with Crippen LogP contribution in [0.25, 0.3) is 33.7 Å². The Labute approximate surface area is 154 Å². The lowest BCUT2D eigenvalue weighted by Gasteiger charge is -2.07. The Kier molecular flexibility index (Phi) is 4.20. The number of furan rings is 1. The second-order valence-electron chi connectivity index (χ2n) is 6.24.